The molecule has 0 bridgehead atoms. The van der Waals surface area contributed by atoms with E-state index in [1.807, 2.05) is 0 Å². The van der Waals surface area contributed by atoms with E-state index in [0.717, 1.165) is 0 Å². The number of terminal acetylenes is 1. The molecule has 3 heterocycles. The third-order valence-corrected chi connectivity index (χ3v) is 3.68. The Balaban J connectivity index is 2.09. The Morgan fingerprint density at radius 2 is 2.48 bits per heavy atom. The highest BCUT2D eigenvalue weighted by Crippen LogP contribution is 2.38. The van der Waals surface area contributed by atoms with Gasteiger partial charge in [-0.3, -0.25) is 0 Å². The summed E-state index contributed by atoms with van der Waals surface area (Å²) in [7, 11) is 0. The molecule has 4 N–H and O–H groups in total. The average molecular weight is 310 g/mol. The Bertz CT molecular complexity index is 787. The van der Waals surface area contributed by atoms with Gasteiger partial charge < -0.3 is 25.3 Å². The van der Waals surface area contributed by atoms with E-state index in [1.54, 1.807) is 16.8 Å². The minimum Gasteiger partial charge on any atom is -0.392 e. The largest absolute Gasteiger partial charge is 0.392 e. The topological polar surface area (TPSA) is 106 Å². The molecule has 8 heteroatoms. The lowest BCUT2D eigenvalue weighted by Crippen LogP contribution is -2.41. The fraction of sp³-hybridized carbons (Fsp3) is 0.385. The highest BCUT2D eigenvalue weighted by Gasteiger charge is 2.47. The van der Waals surface area contributed by atoms with Crippen LogP contribution < -0.4 is 5.73 Å². The summed E-state index contributed by atoms with van der Waals surface area (Å²) in [6.07, 6.45) is 3.88. The van der Waals surface area contributed by atoms with E-state index in [4.69, 9.17) is 29.9 Å². The van der Waals surface area contributed by atoms with Crippen LogP contribution in [0.3, 0.4) is 0 Å². The molecule has 1 fully saturated rings. The molecule has 21 heavy (non-hydrogen) atoms. The zero-order valence-corrected chi connectivity index (χ0v) is 11.6. The molecule has 7 nitrogen and oxygen atoms in total. The Labute approximate surface area is 126 Å². The molecule has 1 aliphatic rings. The van der Waals surface area contributed by atoms with Gasteiger partial charge in [-0.15, -0.1) is 6.42 Å². The van der Waals surface area contributed by atoms with Crippen LogP contribution in [0.5, 0.6) is 0 Å². The maximum atomic E-state index is 10.2. The number of hydrogen-bond acceptors (Lipinski definition) is 6. The second-order valence-electron chi connectivity index (χ2n) is 4.69. The minimum atomic E-state index is -2.14. The summed E-state index contributed by atoms with van der Waals surface area (Å²) in [6.45, 7) is -0.683. The number of fused-ring (bicyclic) bond motifs is 1. The van der Waals surface area contributed by atoms with E-state index in [9.17, 15) is 10.2 Å². The lowest BCUT2D eigenvalue weighted by atomic mass is 9.99. The predicted molar refractivity (Wildman–Crippen MR) is 76.3 cm³/mol. The molecule has 3 rings (SSSR count). The molecule has 0 aromatic carbocycles. The maximum Gasteiger partial charge on any atom is 0.226 e. The molecule has 0 saturated carbocycles. The van der Waals surface area contributed by atoms with Crippen LogP contribution in [-0.2, 0) is 4.74 Å². The molecular weight excluding hydrogens is 296 g/mol. The molecular formula is C13H13ClN4O3. The van der Waals surface area contributed by atoms with Gasteiger partial charge in [0.25, 0.3) is 0 Å². The molecule has 0 radical (unpaired) electrons. The molecule has 1 aliphatic heterocycles. The fourth-order valence-electron chi connectivity index (χ4n) is 2.38. The minimum absolute atomic E-state index is 0.0329. The van der Waals surface area contributed by atoms with Crippen molar-refractivity contribution < 1.29 is 16.3 Å². The first-order chi connectivity index (χ1) is 10.3. The summed E-state index contributed by atoms with van der Waals surface area (Å²) in [5.41, 5.74) is 4.36. The first-order valence-corrected chi connectivity index (χ1v) is 6.50. The van der Waals surface area contributed by atoms with Crippen LogP contribution in [0.2, 0.25) is 5.28 Å². The summed E-state index contributed by atoms with van der Waals surface area (Å²) in [4.78, 5) is 7.94. The standard InChI is InChI=1S/C13H13ClN4O3/c1-2-13(6-19)8(20)5-9(21-13)18-4-3-7-10(15)16-12(14)17-11(7)18/h1,3-4,8-9,19-20H,5-6H2,(H2,15,16,17)/t8-,9+,13+/m0/s1/i8D. The number of rotatable bonds is 2. The van der Waals surface area contributed by atoms with Crippen LogP contribution in [0.25, 0.3) is 11.0 Å². The Hall–Kier alpha value is -1.85. The zero-order valence-electron chi connectivity index (χ0n) is 11.8. The molecule has 0 unspecified atom stereocenters. The second-order valence-corrected chi connectivity index (χ2v) is 5.03. The molecule has 0 aliphatic carbocycles. The zero-order chi connectivity index (χ0) is 16.1. The fourth-order valence-corrected chi connectivity index (χ4v) is 2.55. The maximum absolute atomic E-state index is 10.2. The number of halogens is 1. The van der Waals surface area contributed by atoms with Gasteiger partial charge in [0, 0.05) is 12.6 Å². The van der Waals surface area contributed by atoms with Gasteiger partial charge in [-0.2, -0.15) is 4.98 Å². The lowest BCUT2D eigenvalue weighted by Gasteiger charge is -2.23. The summed E-state index contributed by atoms with van der Waals surface area (Å²) < 4.78 is 15.1. The van der Waals surface area contributed by atoms with Crippen molar-refractivity contribution >= 4 is 28.5 Å². The number of aliphatic hydroxyl groups excluding tert-OH is 1. The third-order valence-electron chi connectivity index (χ3n) is 3.51. The van der Waals surface area contributed by atoms with Crippen molar-refractivity contribution in [1.82, 2.24) is 14.5 Å². The number of nitrogens with two attached hydrogens (primary N) is 1. The number of ether oxygens (including phenoxy) is 1. The predicted octanol–water partition coefficient (Wildman–Crippen LogP) is 0.311. The molecule has 110 valence electrons. The second kappa shape index (κ2) is 4.86. The van der Waals surface area contributed by atoms with Crippen molar-refractivity contribution in [2.75, 3.05) is 12.3 Å². The molecule has 2 aromatic rings. The molecule has 0 amide bonds. The number of aromatic nitrogens is 3. The van der Waals surface area contributed by atoms with Crippen LogP contribution >= 0.6 is 11.6 Å². The SMILES string of the molecule is [2H][C@]1(O)C[C@H](n2ccc3c(N)nc(Cl)nc32)O[C@]1(C#C)CO. The van der Waals surface area contributed by atoms with Gasteiger partial charge in [-0.25, -0.2) is 4.98 Å². The molecule has 3 atom stereocenters. The average Bonchev–Trinajstić information content (AvgIpc) is 2.97. The van der Waals surface area contributed by atoms with Crippen molar-refractivity contribution in [3.63, 3.8) is 0 Å². The number of aliphatic hydroxyl groups is 2. The molecule has 2 aromatic heterocycles. The van der Waals surface area contributed by atoms with Crippen LogP contribution in [0.4, 0.5) is 5.82 Å². The first-order valence-electron chi connectivity index (χ1n) is 6.62. The van der Waals surface area contributed by atoms with E-state index in [-0.39, 0.29) is 17.5 Å². The molecule has 1 saturated heterocycles. The van der Waals surface area contributed by atoms with E-state index in [1.165, 1.54) is 0 Å². The van der Waals surface area contributed by atoms with Crippen molar-refractivity contribution in [3.05, 3.63) is 17.5 Å². The third kappa shape index (κ3) is 2.04. The van der Waals surface area contributed by atoms with Gasteiger partial charge >= 0.3 is 0 Å². The number of nitrogens with zero attached hydrogens (tertiary/aromatic N) is 3. The van der Waals surface area contributed by atoms with E-state index in [0.29, 0.717) is 11.0 Å². The van der Waals surface area contributed by atoms with E-state index in [2.05, 4.69) is 15.9 Å². The highest BCUT2D eigenvalue weighted by atomic mass is 35.5. The summed E-state index contributed by atoms with van der Waals surface area (Å²) >= 11 is 5.81. The van der Waals surface area contributed by atoms with Crippen LogP contribution in [-0.4, -0.2) is 43.0 Å². The normalized spacial score (nSPS) is 33.0. The van der Waals surface area contributed by atoms with Gasteiger partial charge in [-0.1, -0.05) is 5.92 Å². The number of anilines is 1. The van der Waals surface area contributed by atoms with Crippen LogP contribution in [0.1, 0.15) is 14.0 Å². The Kier molecular flexibility index (Phi) is 2.97. The van der Waals surface area contributed by atoms with Crippen LogP contribution in [0, 0.1) is 12.3 Å². The van der Waals surface area contributed by atoms with Gasteiger partial charge in [0.15, 0.2) is 5.60 Å². The van der Waals surface area contributed by atoms with Crippen LogP contribution in [0.15, 0.2) is 12.3 Å². The first kappa shape index (κ1) is 12.9. The number of nitrogen functional groups attached to an aromatic ring is 1. The van der Waals surface area contributed by atoms with Crippen molar-refractivity contribution in [1.29, 1.82) is 0 Å². The van der Waals surface area contributed by atoms with Gasteiger partial charge in [0.1, 0.15) is 23.8 Å². The van der Waals surface area contributed by atoms with Crippen molar-refractivity contribution in [2.24, 2.45) is 0 Å². The van der Waals surface area contributed by atoms with E-state index >= 15 is 0 Å². The van der Waals surface area contributed by atoms with E-state index < -0.39 is 24.5 Å². The summed E-state index contributed by atoms with van der Waals surface area (Å²) in [5.74, 6) is 2.38. The number of hydrogen-bond donors (Lipinski definition) is 3. The Morgan fingerprint density at radius 1 is 1.71 bits per heavy atom. The lowest BCUT2D eigenvalue weighted by molar-refractivity contribution is -0.0890. The summed E-state index contributed by atoms with van der Waals surface area (Å²) in [5, 5.41) is 20.2. The van der Waals surface area contributed by atoms with Crippen molar-refractivity contribution in [3.8, 4) is 12.3 Å². The molecule has 0 spiro atoms. The van der Waals surface area contributed by atoms with Crippen molar-refractivity contribution in [2.45, 2.75) is 24.3 Å². The van der Waals surface area contributed by atoms with Gasteiger partial charge in [-0.05, 0) is 17.7 Å². The monoisotopic (exact) mass is 309 g/mol. The van der Waals surface area contributed by atoms with Gasteiger partial charge in [0.2, 0.25) is 5.28 Å². The smallest absolute Gasteiger partial charge is 0.226 e. The van der Waals surface area contributed by atoms with Gasteiger partial charge in [0.05, 0.1) is 13.4 Å². The quantitative estimate of drug-likeness (QED) is 0.544. The summed E-state index contributed by atoms with van der Waals surface area (Å²) in [6, 6.07) is 1.67. The highest BCUT2D eigenvalue weighted by molar-refractivity contribution is 6.28. The Morgan fingerprint density at radius 3 is 3.10 bits per heavy atom.